The highest BCUT2D eigenvalue weighted by atomic mass is 16.6. The number of carbonyl (C=O) groups excluding carboxylic acids is 1. The molecule has 0 radical (unpaired) electrons. The van der Waals surface area contributed by atoms with Gasteiger partial charge in [0.15, 0.2) is 11.5 Å². The van der Waals surface area contributed by atoms with Crippen LogP contribution in [0.25, 0.3) is 11.3 Å². The van der Waals surface area contributed by atoms with Crippen molar-refractivity contribution in [1.29, 1.82) is 0 Å². The summed E-state index contributed by atoms with van der Waals surface area (Å²) in [5, 5.41) is 37.8. The number of nitro groups is 1. The van der Waals surface area contributed by atoms with Crippen molar-refractivity contribution in [2.24, 2.45) is 0 Å². The van der Waals surface area contributed by atoms with Gasteiger partial charge in [-0.2, -0.15) is 0 Å². The van der Waals surface area contributed by atoms with E-state index in [9.17, 15) is 25.1 Å². The lowest BCUT2D eigenvalue weighted by molar-refractivity contribution is -0.384. The fraction of sp³-hybridized carbons (Fsp3) is 0.304. The fourth-order valence-electron chi connectivity index (χ4n) is 3.96. The van der Waals surface area contributed by atoms with Gasteiger partial charge in [-0.3, -0.25) is 14.9 Å². The molecule has 3 N–H and O–H groups in total. The second-order valence-electron chi connectivity index (χ2n) is 8.09. The number of hydrogen-bond acceptors (Lipinski definition) is 9. The number of amides is 1. The maximum atomic E-state index is 12.5. The van der Waals surface area contributed by atoms with E-state index in [4.69, 9.17) is 9.26 Å². The average molecular weight is 468 g/mol. The number of nitrogens with zero attached hydrogens (tertiary/aromatic N) is 3. The van der Waals surface area contributed by atoms with Crippen molar-refractivity contribution in [2.75, 3.05) is 20.1 Å². The van der Waals surface area contributed by atoms with Gasteiger partial charge in [0.2, 0.25) is 0 Å². The van der Waals surface area contributed by atoms with Gasteiger partial charge in [-0.15, -0.1) is 0 Å². The number of phenols is 2. The molecule has 1 aliphatic heterocycles. The molecule has 1 aliphatic rings. The minimum atomic E-state index is -0.539. The van der Waals surface area contributed by atoms with E-state index in [1.165, 1.54) is 36.4 Å². The molecule has 0 spiro atoms. The Labute approximate surface area is 194 Å². The summed E-state index contributed by atoms with van der Waals surface area (Å²) in [7, 11) is 2.07. The molecule has 2 heterocycles. The predicted octanol–water partition coefficient (Wildman–Crippen LogP) is 3.67. The molecule has 11 nitrogen and oxygen atoms in total. The van der Waals surface area contributed by atoms with E-state index in [0.29, 0.717) is 12.6 Å². The number of carbonyl (C=O) groups is 1. The zero-order valence-corrected chi connectivity index (χ0v) is 18.4. The lowest BCUT2D eigenvalue weighted by Crippen LogP contribution is -2.31. The largest absolute Gasteiger partial charge is 0.508 e. The van der Waals surface area contributed by atoms with Crippen LogP contribution in [0.5, 0.6) is 23.0 Å². The van der Waals surface area contributed by atoms with Crippen LogP contribution in [-0.2, 0) is 0 Å². The lowest BCUT2D eigenvalue weighted by atomic mass is 10.1. The van der Waals surface area contributed by atoms with E-state index in [2.05, 4.69) is 22.4 Å². The number of nitrogens with one attached hydrogen (secondary N) is 1. The molecule has 1 fully saturated rings. The minimum absolute atomic E-state index is 0.0127. The first-order valence-corrected chi connectivity index (χ1v) is 10.8. The third-order valence-corrected chi connectivity index (χ3v) is 5.77. The van der Waals surface area contributed by atoms with E-state index in [-0.39, 0.29) is 45.7 Å². The van der Waals surface area contributed by atoms with Crippen LogP contribution in [-0.4, -0.2) is 57.3 Å². The van der Waals surface area contributed by atoms with Crippen LogP contribution < -0.4 is 10.1 Å². The van der Waals surface area contributed by atoms with Gasteiger partial charge >= 0.3 is 0 Å². The van der Waals surface area contributed by atoms with Crippen LogP contribution in [0.15, 0.2) is 47.0 Å². The van der Waals surface area contributed by atoms with Crippen molar-refractivity contribution < 1.29 is 29.2 Å². The Morgan fingerprint density at radius 1 is 1.29 bits per heavy atom. The highest BCUT2D eigenvalue weighted by Gasteiger charge is 2.23. The standard InChI is InChI=1S/C23H24N4O7/c1-26-10-2-3-14(26)8-9-24-23(30)18-13-21(34-25-18)22-19(29)11-16(28)12-20(22)33-17-6-4-15(5-7-17)27(31)32/h4-7,11-14,28-29H,2-3,8-10H2,1H3,(H,24,30). The van der Waals surface area contributed by atoms with E-state index >= 15 is 0 Å². The summed E-state index contributed by atoms with van der Waals surface area (Å²) in [5.74, 6) is -0.747. The average Bonchev–Trinajstić information content (AvgIpc) is 3.43. The van der Waals surface area contributed by atoms with Crippen molar-refractivity contribution >= 4 is 11.6 Å². The van der Waals surface area contributed by atoms with Gasteiger partial charge in [0.25, 0.3) is 11.6 Å². The van der Waals surface area contributed by atoms with Gasteiger partial charge in [0.05, 0.1) is 4.92 Å². The van der Waals surface area contributed by atoms with E-state index in [0.717, 1.165) is 31.9 Å². The number of benzene rings is 2. The molecule has 178 valence electrons. The Bertz CT molecular complexity index is 1190. The summed E-state index contributed by atoms with van der Waals surface area (Å²) < 4.78 is 11.0. The highest BCUT2D eigenvalue weighted by Crippen LogP contribution is 2.43. The second-order valence-corrected chi connectivity index (χ2v) is 8.09. The van der Waals surface area contributed by atoms with Gasteiger partial charge in [0.1, 0.15) is 28.6 Å². The number of phenolic OH excluding ortho intramolecular Hbond substituents is 2. The molecule has 0 bridgehead atoms. The first kappa shape index (κ1) is 23.1. The van der Waals surface area contributed by atoms with Crippen LogP contribution in [0.2, 0.25) is 0 Å². The molecular formula is C23H24N4O7. The van der Waals surface area contributed by atoms with Crippen molar-refractivity contribution in [1.82, 2.24) is 15.4 Å². The van der Waals surface area contributed by atoms with Gasteiger partial charge in [0, 0.05) is 42.9 Å². The Hall–Kier alpha value is -4.12. The van der Waals surface area contributed by atoms with Crippen LogP contribution in [0, 0.1) is 10.1 Å². The maximum Gasteiger partial charge on any atom is 0.273 e. The zero-order valence-electron chi connectivity index (χ0n) is 18.4. The molecule has 1 amide bonds. The molecular weight excluding hydrogens is 444 g/mol. The van der Waals surface area contributed by atoms with Crippen molar-refractivity contribution in [3.63, 3.8) is 0 Å². The summed E-state index contributed by atoms with van der Waals surface area (Å²) in [6.45, 7) is 1.56. The molecule has 1 atom stereocenters. The summed E-state index contributed by atoms with van der Waals surface area (Å²) in [5.41, 5.74) is -0.0179. The van der Waals surface area contributed by atoms with Crippen molar-refractivity contribution in [3.8, 4) is 34.3 Å². The third kappa shape index (κ3) is 5.09. The Morgan fingerprint density at radius 2 is 2.06 bits per heavy atom. The number of rotatable bonds is 8. The topological polar surface area (TPSA) is 151 Å². The molecule has 1 aromatic heterocycles. The van der Waals surface area contributed by atoms with Crippen LogP contribution >= 0.6 is 0 Å². The molecule has 4 rings (SSSR count). The summed E-state index contributed by atoms with van der Waals surface area (Å²) in [6, 6.07) is 9.44. The number of hydrogen-bond donors (Lipinski definition) is 3. The van der Waals surface area contributed by atoms with Crippen molar-refractivity contribution in [3.05, 3.63) is 58.3 Å². The van der Waals surface area contributed by atoms with Gasteiger partial charge in [-0.1, -0.05) is 5.16 Å². The Morgan fingerprint density at radius 3 is 2.74 bits per heavy atom. The molecule has 34 heavy (non-hydrogen) atoms. The Kier molecular flexibility index (Phi) is 6.64. The lowest BCUT2D eigenvalue weighted by Gasteiger charge is -2.18. The summed E-state index contributed by atoms with van der Waals surface area (Å²) in [4.78, 5) is 25.1. The fourth-order valence-corrected chi connectivity index (χ4v) is 3.96. The first-order chi connectivity index (χ1) is 16.3. The molecule has 0 aliphatic carbocycles. The number of likely N-dealkylation sites (tertiary alicyclic amines) is 1. The quantitative estimate of drug-likeness (QED) is 0.332. The SMILES string of the molecule is CN1CCCC1CCNC(=O)c1cc(-c2c(O)cc(O)cc2Oc2ccc([N+](=O)[O-])cc2)on1. The molecule has 1 unspecified atom stereocenters. The minimum Gasteiger partial charge on any atom is -0.508 e. The maximum absolute atomic E-state index is 12.5. The van der Waals surface area contributed by atoms with Crippen LogP contribution in [0.1, 0.15) is 29.8 Å². The molecule has 2 aromatic carbocycles. The smallest absolute Gasteiger partial charge is 0.273 e. The number of non-ortho nitro benzene ring substituents is 1. The summed E-state index contributed by atoms with van der Waals surface area (Å²) in [6.07, 6.45) is 3.10. The molecule has 0 saturated carbocycles. The van der Waals surface area contributed by atoms with Crippen LogP contribution in [0.4, 0.5) is 5.69 Å². The number of nitro benzene ring substituents is 1. The Balaban J connectivity index is 1.50. The molecule has 11 heteroatoms. The van der Waals surface area contributed by atoms with Gasteiger partial charge < -0.3 is 29.7 Å². The van der Waals surface area contributed by atoms with Gasteiger partial charge in [-0.25, -0.2) is 0 Å². The summed E-state index contributed by atoms with van der Waals surface area (Å²) >= 11 is 0. The normalized spacial score (nSPS) is 15.9. The van der Waals surface area contributed by atoms with Crippen molar-refractivity contribution in [2.45, 2.75) is 25.3 Å². The predicted molar refractivity (Wildman–Crippen MR) is 121 cm³/mol. The van der Waals surface area contributed by atoms with E-state index in [1.54, 1.807) is 0 Å². The number of aromatic hydroxyl groups is 2. The van der Waals surface area contributed by atoms with E-state index in [1.807, 2.05) is 0 Å². The first-order valence-electron chi connectivity index (χ1n) is 10.8. The molecule has 3 aromatic rings. The highest BCUT2D eigenvalue weighted by molar-refractivity contribution is 5.93. The van der Waals surface area contributed by atoms with Gasteiger partial charge in [-0.05, 0) is 45.0 Å². The van der Waals surface area contributed by atoms with E-state index < -0.39 is 10.8 Å². The number of aromatic nitrogens is 1. The second kappa shape index (κ2) is 9.79. The third-order valence-electron chi connectivity index (χ3n) is 5.77. The zero-order chi connectivity index (χ0) is 24.2. The van der Waals surface area contributed by atoms with Crippen LogP contribution in [0.3, 0.4) is 0 Å². The monoisotopic (exact) mass is 468 g/mol. The number of ether oxygens (including phenoxy) is 1. The molecule has 1 saturated heterocycles.